The van der Waals surface area contributed by atoms with Gasteiger partial charge in [0.05, 0.1) is 18.3 Å². The lowest BCUT2D eigenvalue weighted by atomic mass is 10.0. The van der Waals surface area contributed by atoms with E-state index in [9.17, 15) is 13.6 Å². The molecule has 0 bridgehead atoms. The number of rotatable bonds is 11. The maximum Gasteiger partial charge on any atom is 0.350 e. The van der Waals surface area contributed by atoms with Gasteiger partial charge in [0, 0.05) is 49.2 Å². The molecule has 2 saturated heterocycles. The van der Waals surface area contributed by atoms with Gasteiger partial charge >= 0.3 is 5.69 Å². The van der Waals surface area contributed by atoms with Gasteiger partial charge < -0.3 is 24.0 Å². The standard InChI is InChI=1S/C35H38F2N8O4/c1-3-25(2)45-34(46)44(24-40-45)29-7-5-27(6-8-29)41-14-16-42(17-15-41)28-9-11-30(12-10-28)47-19-31-20-48-35(49-31,21-43-23-38-22-39-43)32-13-4-26(36)18-33(32)37/h4-13,18,22-25,31H,3,14-17,19-21H2,1-2H3/t25?,31-,35+/m0/s1. The van der Waals surface area contributed by atoms with Gasteiger partial charge in [-0.2, -0.15) is 10.2 Å². The van der Waals surface area contributed by atoms with E-state index in [4.69, 9.17) is 14.2 Å². The van der Waals surface area contributed by atoms with Crippen LogP contribution in [0, 0.1) is 11.6 Å². The largest absolute Gasteiger partial charge is 0.491 e. The average Bonchev–Trinajstić information content (AvgIpc) is 3.88. The Morgan fingerprint density at radius 1 is 0.918 bits per heavy atom. The van der Waals surface area contributed by atoms with Gasteiger partial charge in [0.25, 0.3) is 0 Å². The highest BCUT2D eigenvalue weighted by molar-refractivity contribution is 5.54. The fraction of sp³-hybridized carbons (Fsp3) is 0.371. The number of benzene rings is 3. The lowest BCUT2D eigenvalue weighted by molar-refractivity contribution is -0.192. The molecule has 12 nitrogen and oxygen atoms in total. The van der Waals surface area contributed by atoms with Crippen LogP contribution in [0.3, 0.4) is 0 Å². The molecule has 256 valence electrons. The van der Waals surface area contributed by atoms with Crippen LogP contribution in [0.2, 0.25) is 0 Å². The van der Waals surface area contributed by atoms with Crippen LogP contribution in [0.1, 0.15) is 31.9 Å². The van der Waals surface area contributed by atoms with Crippen LogP contribution in [-0.4, -0.2) is 74.6 Å². The molecule has 7 rings (SSSR count). The molecule has 0 amide bonds. The molecule has 2 aromatic heterocycles. The molecule has 14 heteroatoms. The van der Waals surface area contributed by atoms with E-state index in [0.29, 0.717) is 5.75 Å². The van der Waals surface area contributed by atoms with Gasteiger partial charge in [-0.05, 0) is 74.0 Å². The Balaban J connectivity index is 0.925. The molecule has 5 aromatic rings. The Hall–Kier alpha value is -5.08. The van der Waals surface area contributed by atoms with Crippen molar-refractivity contribution >= 4 is 11.4 Å². The van der Waals surface area contributed by atoms with Gasteiger partial charge in [-0.15, -0.1) is 0 Å². The second-order valence-corrected chi connectivity index (χ2v) is 12.3. The highest BCUT2D eigenvalue weighted by Gasteiger charge is 2.46. The van der Waals surface area contributed by atoms with Crippen LogP contribution in [0.15, 0.2) is 90.5 Å². The van der Waals surface area contributed by atoms with Gasteiger partial charge in [0.1, 0.15) is 55.6 Å². The number of anilines is 2. The predicted molar refractivity (Wildman–Crippen MR) is 178 cm³/mol. The minimum absolute atomic E-state index is 0.0334. The Morgan fingerprint density at radius 2 is 1.59 bits per heavy atom. The molecule has 0 radical (unpaired) electrons. The lowest BCUT2D eigenvalue weighted by Crippen LogP contribution is -2.46. The average molecular weight is 673 g/mol. The highest BCUT2D eigenvalue weighted by Crippen LogP contribution is 2.38. The molecule has 0 aliphatic carbocycles. The third-order valence-electron chi connectivity index (χ3n) is 9.15. The second-order valence-electron chi connectivity index (χ2n) is 12.3. The summed E-state index contributed by atoms with van der Waals surface area (Å²) >= 11 is 0. The van der Waals surface area contributed by atoms with E-state index in [1.807, 2.05) is 50.2 Å². The van der Waals surface area contributed by atoms with Crippen molar-refractivity contribution in [2.45, 2.75) is 44.7 Å². The molecule has 4 heterocycles. The molecule has 0 N–H and O–H groups in total. The Bertz CT molecular complexity index is 1910. The summed E-state index contributed by atoms with van der Waals surface area (Å²) in [5.41, 5.74) is 2.95. The van der Waals surface area contributed by atoms with Crippen molar-refractivity contribution in [3.05, 3.63) is 113 Å². The Labute approximate surface area is 282 Å². The van der Waals surface area contributed by atoms with E-state index in [2.05, 4.69) is 37.1 Å². The van der Waals surface area contributed by atoms with Gasteiger partial charge in [-0.1, -0.05) is 6.92 Å². The number of ether oxygens (including phenoxy) is 3. The quantitative estimate of drug-likeness (QED) is 0.200. The smallest absolute Gasteiger partial charge is 0.350 e. The highest BCUT2D eigenvalue weighted by atomic mass is 19.1. The minimum Gasteiger partial charge on any atom is -0.491 e. The van der Waals surface area contributed by atoms with Crippen molar-refractivity contribution in [1.82, 2.24) is 29.1 Å². The van der Waals surface area contributed by atoms with E-state index in [-0.39, 0.29) is 37.1 Å². The molecule has 2 aliphatic heterocycles. The van der Waals surface area contributed by atoms with Crippen molar-refractivity contribution in [2.75, 3.05) is 49.2 Å². The SMILES string of the molecule is CCC(C)n1ncn(-c2ccc(N3CCN(c4ccc(OC[C@H]5CO[C@@](Cn6cncn6)(c6ccc(F)cc6F)O5)cc4)CC3)cc2)c1=O. The van der Waals surface area contributed by atoms with Crippen molar-refractivity contribution in [2.24, 2.45) is 0 Å². The van der Waals surface area contributed by atoms with Crippen molar-refractivity contribution in [3.8, 4) is 11.4 Å². The molecule has 49 heavy (non-hydrogen) atoms. The number of hydrogen-bond acceptors (Lipinski definition) is 9. The zero-order chi connectivity index (χ0) is 34.0. The molecule has 2 fully saturated rings. The first kappa shape index (κ1) is 32.5. The Morgan fingerprint density at radius 3 is 2.22 bits per heavy atom. The molecule has 3 atom stereocenters. The van der Waals surface area contributed by atoms with Crippen LogP contribution >= 0.6 is 0 Å². The zero-order valence-corrected chi connectivity index (χ0v) is 27.4. The normalized spacial score (nSPS) is 20.1. The van der Waals surface area contributed by atoms with Gasteiger partial charge in [-0.3, -0.25) is 0 Å². The maximum atomic E-state index is 14.9. The van der Waals surface area contributed by atoms with Crippen LogP contribution < -0.4 is 20.2 Å². The van der Waals surface area contributed by atoms with Crippen LogP contribution in [0.4, 0.5) is 20.2 Å². The van der Waals surface area contributed by atoms with Gasteiger partial charge in [0.15, 0.2) is 0 Å². The monoisotopic (exact) mass is 672 g/mol. The maximum absolute atomic E-state index is 14.9. The van der Waals surface area contributed by atoms with Crippen molar-refractivity contribution < 1.29 is 23.0 Å². The first-order valence-electron chi connectivity index (χ1n) is 16.4. The minimum atomic E-state index is -1.51. The first-order valence-corrected chi connectivity index (χ1v) is 16.4. The fourth-order valence-corrected chi connectivity index (χ4v) is 6.24. The molecule has 1 unspecified atom stereocenters. The summed E-state index contributed by atoms with van der Waals surface area (Å²) in [6.45, 7) is 7.80. The van der Waals surface area contributed by atoms with Crippen LogP contribution in [-0.2, 0) is 21.8 Å². The summed E-state index contributed by atoms with van der Waals surface area (Å²) in [4.78, 5) is 21.4. The third kappa shape index (κ3) is 6.78. The van der Waals surface area contributed by atoms with Crippen LogP contribution in [0.5, 0.6) is 5.75 Å². The number of piperazine rings is 1. The molecule has 3 aromatic carbocycles. The zero-order valence-electron chi connectivity index (χ0n) is 27.4. The molecule has 2 aliphatic rings. The van der Waals surface area contributed by atoms with E-state index < -0.39 is 23.5 Å². The summed E-state index contributed by atoms with van der Waals surface area (Å²) < 4.78 is 51.4. The van der Waals surface area contributed by atoms with Crippen molar-refractivity contribution in [1.29, 1.82) is 0 Å². The molecular formula is C35H38F2N8O4. The number of hydrogen-bond donors (Lipinski definition) is 0. The summed E-state index contributed by atoms with van der Waals surface area (Å²) in [5.74, 6) is -2.30. The van der Waals surface area contributed by atoms with E-state index >= 15 is 0 Å². The number of aromatic nitrogens is 6. The predicted octanol–water partition coefficient (Wildman–Crippen LogP) is 4.55. The topological polar surface area (TPSA) is 105 Å². The number of halogens is 2. The molecule has 0 spiro atoms. The molecular weight excluding hydrogens is 634 g/mol. The number of nitrogens with zero attached hydrogens (tertiary/aromatic N) is 8. The lowest BCUT2D eigenvalue weighted by Gasteiger charge is -2.37. The first-order chi connectivity index (χ1) is 23.8. The fourth-order valence-electron chi connectivity index (χ4n) is 6.24. The van der Waals surface area contributed by atoms with E-state index in [1.165, 1.54) is 34.2 Å². The van der Waals surface area contributed by atoms with E-state index in [0.717, 1.165) is 55.7 Å². The summed E-state index contributed by atoms with van der Waals surface area (Å²) in [7, 11) is 0. The van der Waals surface area contributed by atoms with Gasteiger partial charge in [-0.25, -0.2) is 32.5 Å². The summed E-state index contributed by atoms with van der Waals surface area (Å²) in [6, 6.07) is 19.3. The summed E-state index contributed by atoms with van der Waals surface area (Å²) in [6.07, 6.45) is 4.77. The van der Waals surface area contributed by atoms with Crippen molar-refractivity contribution in [3.63, 3.8) is 0 Å². The second kappa shape index (κ2) is 13.8. The summed E-state index contributed by atoms with van der Waals surface area (Å²) in [5, 5.41) is 8.39. The van der Waals surface area contributed by atoms with Crippen LogP contribution in [0.25, 0.3) is 5.69 Å². The van der Waals surface area contributed by atoms with E-state index in [1.54, 1.807) is 10.9 Å². The van der Waals surface area contributed by atoms with Gasteiger partial charge in [0.2, 0.25) is 5.79 Å². The Kier molecular flexibility index (Phi) is 9.15. The molecule has 0 saturated carbocycles. The third-order valence-corrected chi connectivity index (χ3v) is 9.15.